The summed E-state index contributed by atoms with van der Waals surface area (Å²) in [6, 6.07) is 19.5. The highest BCUT2D eigenvalue weighted by Gasteiger charge is 2.57. The molecule has 1 aliphatic heterocycles. The van der Waals surface area contributed by atoms with Gasteiger partial charge in [0.25, 0.3) is 0 Å². The standard InChI is InChI=1S/C38H30N2O7/c1-3-46-30-10-6-7-23(35(30)43)31-22-15-16-24-32(25(22)18-26-33(31)28(41)17-19(2)34(26)42)38(45)40(37(24)44)21-13-11-20(12-14-21)36-39-27-8-4-5-9-29(27)47-36/h4-15,17,24-25,31-32,43H,3,16,18H2,1-2H3. The number of ketones is 2. The Labute approximate surface area is 269 Å². The molecule has 0 radical (unpaired) electrons. The van der Waals surface area contributed by atoms with Crippen LogP contribution in [0.25, 0.3) is 22.6 Å². The molecule has 1 saturated heterocycles. The van der Waals surface area contributed by atoms with E-state index in [4.69, 9.17) is 9.15 Å². The van der Waals surface area contributed by atoms with E-state index < -0.39 is 23.7 Å². The predicted octanol–water partition coefficient (Wildman–Crippen LogP) is 6.23. The average molecular weight is 627 g/mol. The van der Waals surface area contributed by atoms with Crippen molar-refractivity contribution < 1.29 is 33.4 Å². The number of imide groups is 1. The van der Waals surface area contributed by atoms with Gasteiger partial charge >= 0.3 is 0 Å². The van der Waals surface area contributed by atoms with Crippen molar-refractivity contribution in [1.29, 1.82) is 0 Å². The van der Waals surface area contributed by atoms with Crippen molar-refractivity contribution in [2.24, 2.45) is 17.8 Å². The Bertz CT molecular complexity index is 2100. The molecule has 0 bridgehead atoms. The van der Waals surface area contributed by atoms with E-state index in [2.05, 4.69) is 4.98 Å². The third-order valence-electron chi connectivity index (χ3n) is 9.87. The molecule has 1 fully saturated rings. The topological polar surface area (TPSA) is 127 Å². The summed E-state index contributed by atoms with van der Waals surface area (Å²) in [5.74, 6) is -3.24. The van der Waals surface area contributed by atoms with Crippen LogP contribution in [-0.2, 0) is 19.2 Å². The maximum Gasteiger partial charge on any atom is 0.238 e. The quantitative estimate of drug-likeness (QED) is 0.157. The Morgan fingerprint density at radius 3 is 2.51 bits per heavy atom. The number of rotatable bonds is 5. The summed E-state index contributed by atoms with van der Waals surface area (Å²) in [6.07, 6.45) is 3.73. The summed E-state index contributed by atoms with van der Waals surface area (Å²) in [7, 11) is 0. The van der Waals surface area contributed by atoms with Crippen LogP contribution >= 0.6 is 0 Å². The second-order valence-corrected chi connectivity index (χ2v) is 12.4. The largest absolute Gasteiger partial charge is 0.504 e. The molecule has 0 saturated carbocycles. The lowest BCUT2D eigenvalue weighted by molar-refractivity contribution is -0.123. The minimum Gasteiger partial charge on any atom is -0.504 e. The summed E-state index contributed by atoms with van der Waals surface area (Å²) in [6.45, 7) is 3.74. The van der Waals surface area contributed by atoms with Gasteiger partial charge in [-0.3, -0.25) is 24.1 Å². The maximum atomic E-state index is 14.3. The lowest BCUT2D eigenvalue weighted by Crippen LogP contribution is -2.39. The number of fused-ring (bicyclic) bond motifs is 4. The zero-order chi connectivity index (χ0) is 32.6. The first-order valence-corrected chi connectivity index (χ1v) is 15.8. The Kier molecular flexibility index (Phi) is 6.61. The number of carbonyl (C=O) groups is 4. The van der Waals surface area contributed by atoms with Crippen molar-refractivity contribution in [1.82, 2.24) is 4.98 Å². The minimum absolute atomic E-state index is 0.115. The van der Waals surface area contributed by atoms with Crippen LogP contribution in [0.4, 0.5) is 5.69 Å². The van der Waals surface area contributed by atoms with Gasteiger partial charge in [0.05, 0.1) is 24.1 Å². The Balaban J connectivity index is 1.17. The molecule has 4 atom stereocenters. The molecule has 3 aliphatic carbocycles. The normalized spacial score (nSPS) is 23.8. The lowest BCUT2D eigenvalue weighted by atomic mass is 9.59. The molecule has 2 heterocycles. The number of phenols is 1. The van der Waals surface area contributed by atoms with Gasteiger partial charge in [-0.1, -0.05) is 35.9 Å². The van der Waals surface area contributed by atoms with Crippen molar-refractivity contribution in [3.63, 3.8) is 0 Å². The summed E-state index contributed by atoms with van der Waals surface area (Å²) in [5.41, 5.74) is 4.70. The van der Waals surface area contributed by atoms with E-state index in [0.29, 0.717) is 58.0 Å². The molecule has 4 unspecified atom stereocenters. The fraction of sp³-hybridized carbons (Fsp3) is 0.237. The molecule has 4 aromatic rings. The van der Waals surface area contributed by atoms with Crippen molar-refractivity contribution in [3.8, 4) is 23.0 Å². The molecule has 1 aromatic heterocycles. The molecule has 47 heavy (non-hydrogen) atoms. The minimum atomic E-state index is -0.765. The van der Waals surface area contributed by atoms with E-state index in [1.54, 1.807) is 49.4 Å². The van der Waals surface area contributed by atoms with Gasteiger partial charge in [-0.15, -0.1) is 0 Å². The van der Waals surface area contributed by atoms with E-state index in [1.165, 1.54) is 11.0 Å². The van der Waals surface area contributed by atoms with Gasteiger partial charge in [-0.2, -0.15) is 0 Å². The number of hydrogen-bond donors (Lipinski definition) is 1. The number of aromatic nitrogens is 1. The Hall–Kier alpha value is -5.57. The van der Waals surface area contributed by atoms with E-state index in [9.17, 15) is 24.3 Å². The number of phenolic OH excluding ortho intramolecular Hbond substituents is 1. The number of aromatic hydroxyl groups is 1. The first-order valence-electron chi connectivity index (χ1n) is 15.8. The molecule has 4 aliphatic rings. The number of hydrogen-bond acceptors (Lipinski definition) is 8. The predicted molar refractivity (Wildman–Crippen MR) is 173 cm³/mol. The molecule has 1 N–H and O–H groups in total. The number of amides is 2. The van der Waals surface area contributed by atoms with Crippen LogP contribution in [0.1, 0.15) is 38.2 Å². The van der Waals surface area contributed by atoms with Gasteiger partial charge in [0.1, 0.15) is 5.52 Å². The van der Waals surface area contributed by atoms with Gasteiger partial charge in [0.2, 0.25) is 17.7 Å². The summed E-state index contributed by atoms with van der Waals surface area (Å²) < 4.78 is 11.5. The molecule has 9 nitrogen and oxygen atoms in total. The monoisotopic (exact) mass is 626 g/mol. The van der Waals surface area contributed by atoms with Gasteiger partial charge < -0.3 is 14.3 Å². The van der Waals surface area contributed by atoms with E-state index >= 15 is 0 Å². The third-order valence-corrected chi connectivity index (χ3v) is 9.87. The van der Waals surface area contributed by atoms with Crippen LogP contribution in [-0.4, -0.2) is 40.1 Å². The van der Waals surface area contributed by atoms with E-state index in [-0.39, 0.29) is 41.3 Å². The summed E-state index contributed by atoms with van der Waals surface area (Å²) in [5, 5.41) is 11.3. The van der Waals surface area contributed by atoms with Crippen LogP contribution < -0.4 is 9.64 Å². The second kappa shape index (κ2) is 10.8. The molecule has 0 spiro atoms. The van der Waals surface area contributed by atoms with Gasteiger partial charge in [-0.25, -0.2) is 4.98 Å². The maximum absolute atomic E-state index is 14.3. The first kappa shape index (κ1) is 28.9. The number of para-hydroxylation sites is 3. The highest BCUT2D eigenvalue weighted by molar-refractivity contribution is 6.25. The van der Waals surface area contributed by atoms with Crippen LogP contribution in [0.15, 0.2) is 106 Å². The highest BCUT2D eigenvalue weighted by Crippen LogP contribution is 2.57. The lowest BCUT2D eigenvalue weighted by Gasteiger charge is -2.42. The van der Waals surface area contributed by atoms with Crippen molar-refractivity contribution in [2.45, 2.75) is 32.6 Å². The summed E-state index contributed by atoms with van der Waals surface area (Å²) >= 11 is 0. The van der Waals surface area contributed by atoms with Crippen LogP contribution in [0.3, 0.4) is 0 Å². The van der Waals surface area contributed by atoms with Crippen molar-refractivity contribution in [3.05, 3.63) is 107 Å². The number of oxazole rings is 1. The van der Waals surface area contributed by atoms with Crippen LogP contribution in [0.5, 0.6) is 11.5 Å². The van der Waals surface area contributed by atoms with Gasteiger partial charge in [0, 0.05) is 33.8 Å². The van der Waals surface area contributed by atoms with Crippen molar-refractivity contribution >= 4 is 40.2 Å². The Morgan fingerprint density at radius 1 is 0.957 bits per heavy atom. The third kappa shape index (κ3) is 4.33. The number of carbonyl (C=O) groups excluding carboxylic acids is 4. The number of allylic oxidation sites excluding steroid dienone is 6. The fourth-order valence-corrected chi connectivity index (χ4v) is 7.78. The number of nitrogens with zero attached hydrogens (tertiary/aromatic N) is 2. The number of anilines is 1. The average Bonchev–Trinajstić information content (AvgIpc) is 3.62. The molecular formula is C38H30N2O7. The fourth-order valence-electron chi connectivity index (χ4n) is 7.78. The van der Waals surface area contributed by atoms with Crippen LogP contribution in [0.2, 0.25) is 0 Å². The number of ether oxygens (including phenoxy) is 1. The molecule has 2 amide bonds. The summed E-state index contributed by atoms with van der Waals surface area (Å²) in [4.78, 5) is 61.1. The highest BCUT2D eigenvalue weighted by atomic mass is 16.5. The SMILES string of the molecule is CCOc1cccc(C2C3=CCC4C(=O)N(c5ccc(-c6nc7ccccc7o6)cc5)C(=O)C4C3CC3=C2C(=O)C=C(C)C3=O)c1O. The zero-order valence-electron chi connectivity index (χ0n) is 25.7. The number of benzene rings is 3. The van der Waals surface area contributed by atoms with E-state index in [1.807, 2.05) is 37.3 Å². The van der Waals surface area contributed by atoms with Crippen molar-refractivity contribution in [2.75, 3.05) is 11.5 Å². The van der Waals surface area contributed by atoms with Crippen LogP contribution in [0, 0.1) is 17.8 Å². The second-order valence-electron chi connectivity index (χ2n) is 12.4. The molecule has 3 aromatic carbocycles. The zero-order valence-corrected chi connectivity index (χ0v) is 25.7. The Morgan fingerprint density at radius 2 is 1.74 bits per heavy atom. The van der Waals surface area contributed by atoms with E-state index in [0.717, 1.165) is 11.1 Å². The molecule has 8 rings (SSSR count). The van der Waals surface area contributed by atoms with Gasteiger partial charge in [-0.05, 0) is 81.1 Å². The smallest absolute Gasteiger partial charge is 0.238 e. The molecular weight excluding hydrogens is 596 g/mol. The molecule has 234 valence electrons. The van der Waals surface area contributed by atoms with Gasteiger partial charge in [0.15, 0.2) is 28.6 Å². The molecule has 9 heteroatoms. The first-order chi connectivity index (χ1) is 22.8. The number of Topliss-reactive ketones (excluding diaryl/α,β-unsaturated/α-hetero) is 1.